The van der Waals surface area contributed by atoms with Gasteiger partial charge in [-0.25, -0.2) is 4.39 Å². The van der Waals surface area contributed by atoms with Crippen molar-refractivity contribution in [2.45, 2.75) is 6.04 Å². The van der Waals surface area contributed by atoms with Crippen molar-refractivity contribution < 1.29 is 14.1 Å². The van der Waals surface area contributed by atoms with Crippen LogP contribution in [0, 0.1) is 15.9 Å². The van der Waals surface area contributed by atoms with Crippen molar-refractivity contribution in [3.63, 3.8) is 0 Å². The molecule has 140 valence electrons. The Morgan fingerprint density at radius 1 is 1.21 bits per heavy atom. The van der Waals surface area contributed by atoms with Crippen molar-refractivity contribution >= 4 is 50.2 Å². The van der Waals surface area contributed by atoms with Gasteiger partial charge in [0.15, 0.2) is 0 Å². The number of benzene rings is 2. The summed E-state index contributed by atoms with van der Waals surface area (Å²) in [6, 6.07) is 10.8. The number of ether oxygens (including phenoxy) is 1. The molecule has 0 amide bonds. The van der Waals surface area contributed by atoms with E-state index in [1.54, 1.807) is 18.2 Å². The molecule has 3 N–H and O–H groups in total. The molecule has 2 aliphatic rings. The molecule has 0 radical (unpaired) electrons. The fourth-order valence-corrected chi connectivity index (χ4v) is 4.86. The van der Waals surface area contributed by atoms with Gasteiger partial charge in [-0.2, -0.15) is 0 Å². The predicted octanol–water partition coefficient (Wildman–Crippen LogP) is 3.68. The van der Waals surface area contributed by atoms with Gasteiger partial charge in [-0.15, -0.1) is 11.3 Å². The zero-order valence-electron chi connectivity index (χ0n) is 14.0. The molecular weight excluding hydrogens is 403 g/mol. The first-order valence-corrected chi connectivity index (χ1v) is 9.45. The largest absolute Gasteiger partial charge is 0.412 e. The molecule has 1 atom stereocenters. The molecule has 0 spiro atoms. The number of nitro groups is 1. The first-order valence-electron chi connectivity index (χ1n) is 8.23. The fraction of sp³-hybridized carbons (Fsp3) is 0.0556. The number of thiocarbonyl (C=S) groups is 1. The quantitative estimate of drug-likeness (QED) is 0.335. The van der Waals surface area contributed by atoms with E-state index in [4.69, 9.17) is 17.0 Å². The van der Waals surface area contributed by atoms with E-state index < -0.39 is 11.0 Å². The van der Waals surface area contributed by atoms with Crippen molar-refractivity contribution in [2.75, 3.05) is 0 Å². The van der Waals surface area contributed by atoms with Gasteiger partial charge in [0.1, 0.15) is 11.5 Å². The van der Waals surface area contributed by atoms with Gasteiger partial charge in [0, 0.05) is 28.0 Å². The number of hydrazine groups is 1. The third-order valence-electron chi connectivity index (χ3n) is 4.61. The summed E-state index contributed by atoms with van der Waals surface area (Å²) in [5.41, 5.74) is 7.79. The summed E-state index contributed by atoms with van der Waals surface area (Å²) in [4.78, 5) is 11.6. The van der Waals surface area contributed by atoms with Gasteiger partial charge in [0.25, 0.3) is 10.9 Å². The highest BCUT2D eigenvalue weighted by Crippen LogP contribution is 2.46. The van der Waals surface area contributed by atoms with Crippen molar-refractivity contribution in [3.8, 4) is 0 Å². The Labute approximate surface area is 166 Å². The predicted molar refractivity (Wildman–Crippen MR) is 107 cm³/mol. The molecule has 0 bridgehead atoms. The van der Waals surface area contributed by atoms with Crippen molar-refractivity contribution in [2.24, 2.45) is 0 Å². The van der Waals surface area contributed by atoms with Gasteiger partial charge in [-0.3, -0.25) is 21.0 Å². The first-order chi connectivity index (χ1) is 13.5. The van der Waals surface area contributed by atoms with Crippen molar-refractivity contribution in [3.05, 3.63) is 80.3 Å². The maximum absolute atomic E-state index is 14.5. The number of hydrogen-bond donors (Lipinski definition) is 3. The summed E-state index contributed by atoms with van der Waals surface area (Å²) >= 11 is 6.36. The molecule has 0 fully saturated rings. The normalized spacial score (nSPS) is 17.8. The summed E-state index contributed by atoms with van der Waals surface area (Å²) in [6.45, 7) is 0. The molecule has 10 heteroatoms. The zero-order valence-corrected chi connectivity index (χ0v) is 15.6. The second kappa shape index (κ2) is 6.14. The fourth-order valence-electron chi connectivity index (χ4n) is 3.43. The smallest absolute Gasteiger partial charge is 0.282 e. The first kappa shape index (κ1) is 16.9. The van der Waals surface area contributed by atoms with Crippen LogP contribution >= 0.6 is 23.6 Å². The van der Waals surface area contributed by atoms with Crippen LogP contribution in [0.5, 0.6) is 0 Å². The highest BCUT2D eigenvalue weighted by molar-refractivity contribution is 7.80. The lowest BCUT2D eigenvalue weighted by Crippen LogP contribution is -2.46. The Morgan fingerprint density at radius 3 is 2.86 bits per heavy atom. The van der Waals surface area contributed by atoms with Gasteiger partial charge in [-0.1, -0.05) is 24.3 Å². The lowest BCUT2D eigenvalue weighted by molar-refractivity contribution is -0.384. The van der Waals surface area contributed by atoms with Gasteiger partial charge >= 0.3 is 0 Å². The number of nitrogens with one attached hydrogen (secondary N) is 3. The SMILES string of the molecule is O=[N+]([O-])c1cccc(C2NC3=C(NNC(=S)O3)c3c2sc2c(F)cccc32)c1. The number of nitrogens with zero attached hydrogens (tertiary/aromatic N) is 1. The third kappa shape index (κ3) is 2.49. The average Bonchev–Trinajstić information content (AvgIpc) is 3.08. The topological polar surface area (TPSA) is 88.5 Å². The van der Waals surface area contributed by atoms with Crippen LogP contribution in [0.3, 0.4) is 0 Å². The lowest BCUT2D eigenvalue weighted by Gasteiger charge is -2.33. The van der Waals surface area contributed by atoms with E-state index in [2.05, 4.69) is 16.2 Å². The van der Waals surface area contributed by atoms with E-state index >= 15 is 0 Å². The second-order valence-electron chi connectivity index (χ2n) is 6.23. The summed E-state index contributed by atoms with van der Waals surface area (Å²) in [7, 11) is 0. The minimum Gasteiger partial charge on any atom is -0.412 e. The molecule has 2 aromatic carbocycles. The summed E-state index contributed by atoms with van der Waals surface area (Å²) in [5.74, 6) is 0.0637. The van der Waals surface area contributed by atoms with E-state index in [1.165, 1.54) is 29.5 Å². The van der Waals surface area contributed by atoms with Gasteiger partial charge < -0.3 is 10.1 Å². The molecule has 0 saturated carbocycles. The number of non-ortho nitro benzene ring substituents is 1. The number of nitro benzene ring substituents is 1. The molecule has 1 aromatic heterocycles. The molecule has 28 heavy (non-hydrogen) atoms. The minimum atomic E-state index is -0.451. The number of halogens is 1. The van der Waals surface area contributed by atoms with E-state index in [9.17, 15) is 14.5 Å². The maximum Gasteiger partial charge on any atom is 0.282 e. The number of thiophene rings is 1. The third-order valence-corrected chi connectivity index (χ3v) is 6.07. The zero-order chi connectivity index (χ0) is 19.4. The number of fused-ring (bicyclic) bond motifs is 4. The maximum atomic E-state index is 14.5. The summed E-state index contributed by atoms with van der Waals surface area (Å²) in [6.07, 6.45) is 0. The lowest BCUT2D eigenvalue weighted by atomic mass is 9.95. The van der Waals surface area contributed by atoms with Crippen molar-refractivity contribution in [1.82, 2.24) is 16.2 Å². The van der Waals surface area contributed by atoms with Crippen LogP contribution in [0.2, 0.25) is 0 Å². The van der Waals surface area contributed by atoms with Crippen LogP contribution < -0.4 is 16.2 Å². The molecular formula is C18H11FN4O3S2. The highest BCUT2D eigenvalue weighted by atomic mass is 32.1. The van der Waals surface area contributed by atoms with Crippen molar-refractivity contribution in [1.29, 1.82) is 0 Å². The van der Waals surface area contributed by atoms with Crippen LogP contribution in [0.1, 0.15) is 22.0 Å². The molecule has 7 nitrogen and oxygen atoms in total. The Bertz CT molecular complexity index is 1210. The number of hydrogen-bond acceptors (Lipinski definition) is 7. The molecule has 0 saturated heterocycles. The summed E-state index contributed by atoms with van der Waals surface area (Å²) in [5, 5.41) is 15.3. The summed E-state index contributed by atoms with van der Waals surface area (Å²) < 4.78 is 20.6. The van der Waals surface area contributed by atoms with Crippen LogP contribution in [-0.4, -0.2) is 10.1 Å². The van der Waals surface area contributed by atoms with Crippen LogP contribution in [0.25, 0.3) is 15.8 Å². The van der Waals surface area contributed by atoms with Gasteiger partial charge in [0.2, 0.25) is 5.88 Å². The van der Waals surface area contributed by atoms with Crippen LogP contribution in [0.15, 0.2) is 48.3 Å². The molecule has 3 heterocycles. The average molecular weight is 414 g/mol. The Kier molecular flexibility index (Phi) is 3.71. The molecule has 3 aromatic rings. The monoisotopic (exact) mass is 414 g/mol. The minimum absolute atomic E-state index is 0.0206. The Hall–Kier alpha value is -3.24. The Morgan fingerprint density at radius 2 is 2.04 bits per heavy atom. The standard InChI is InChI=1S/C18H11FN4O3S2/c19-11-6-2-5-10-12-14-17(26-18(27)22-21-14)20-13(16(12)28-15(10)11)8-3-1-4-9(7-8)23(24)25/h1-7,13,20-21H,(H,22,27). The molecule has 1 unspecified atom stereocenters. The van der Waals surface area contributed by atoms with Gasteiger partial charge in [-0.05, 0) is 23.8 Å². The van der Waals surface area contributed by atoms with Crippen LogP contribution in [-0.2, 0) is 4.74 Å². The second-order valence-corrected chi connectivity index (χ2v) is 7.65. The van der Waals surface area contributed by atoms with E-state index in [0.717, 1.165) is 15.8 Å². The van der Waals surface area contributed by atoms with E-state index in [1.807, 2.05) is 6.07 Å². The van der Waals surface area contributed by atoms with E-state index in [-0.39, 0.29) is 16.7 Å². The highest BCUT2D eigenvalue weighted by Gasteiger charge is 2.35. The Balaban J connectivity index is 1.76. The molecule has 5 rings (SSSR count). The van der Waals surface area contributed by atoms with E-state index in [0.29, 0.717) is 21.8 Å². The van der Waals surface area contributed by atoms with Crippen LogP contribution in [0.4, 0.5) is 10.1 Å². The molecule has 2 aliphatic heterocycles. The van der Waals surface area contributed by atoms with Gasteiger partial charge in [0.05, 0.1) is 15.7 Å². The molecule has 0 aliphatic carbocycles. The number of rotatable bonds is 2.